The van der Waals surface area contributed by atoms with Crippen LogP contribution in [0.4, 0.5) is 0 Å². The van der Waals surface area contributed by atoms with Crippen LogP contribution in [0.2, 0.25) is 0 Å². The zero-order valence-electron chi connectivity index (χ0n) is 13.5. The zero-order chi connectivity index (χ0) is 15.8. The number of rotatable bonds is 3. The second kappa shape index (κ2) is 6.25. The Kier molecular flexibility index (Phi) is 4.12. The SMILES string of the molecule is O=C([C@H]1CC[C@H](c2ccccc2)N1)N1[C@@H]2CC[C@H]1CC(CO)C2. The van der Waals surface area contributed by atoms with E-state index < -0.39 is 0 Å². The normalized spacial score (nSPS) is 36.4. The third-order valence-electron chi connectivity index (χ3n) is 5.99. The first kappa shape index (κ1) is 15.2. The highest BCUT2D eigenvalue weighted by molar-refractivity contribution is 5.83. The van der Waals surface area contributed by atoms with Crippen molar-refractivity contribution in [1.82, 2.24) is 10.2 Å². The predicted molar refractivity (Wildman–Crippen MR) is 88.8 cm³/mol. The van der Waals surface area contributed by atoms with Crippen LogP contribution in [0.15, 0.2) is 30.3 Å². The largest absolute Gasteiger partial charge is 0.396 e. The molecular formula is C19H26N2O2. The van der Waals surface area contributed by atoms with E-state index in [1.807, 2.05) is 6.07 Å². The van der Waals surface area contributed by atoms with Crippen molar-refractivity contribution < 1.29 is 9.90 Å². The Morgan fingerprint density at radius 3 is 2.43 bits per heavy atom. The van der Waals surface area contributed by atoms with Gasteiger partial charge in [0, 0.05) is 24.7 Å². The molecule has 3 aliphatic rings. The smallest absolute Gasteiger partial charge is 0.240 e. The van der Waals surface area contributed by atoms with Crippen LogP contribution in [-0.4, -0.2) is 40.6 Å². The summed E-state index contributed by atoms with van der Waals surface area (Å²) >= 11 is 0. The van der Waals surface area contributed by atoms with Crippen LogP contribution in [0.5, 0.6) is 0 Å². The van der Waals surface area contributed by atoms with E-state index in [4.69, 9.17) is 0 Å². The van der Waals surface area contributed by atoms with Gasteiger partial charge in [0.15, 0.2) is 0 Å². The van der Waals surface area contributed by atoms with Gasteiger partial charge in [0.2, 0.25) is 5.91 Å². The Labute approximate surface area is 137 Å². The molecule has 23 heavy (non-hydrogen) atoms. The van der Waals surface area contributed by atoms with E-state index in [0.29, 0.717) is 30.0 Å². The van der Waals surface area contributed by atoms with Crippen LogP contribution >= 0.6 is 0 Å². The lowest BCUT2D eigenvalue weighted by molar-refractivity contribution is -0.138. The second-order valence-electron chi connectivity index (χ2n) is 7.41. The molecule has 0 saturated carbocycles. The van der Waals surface area contributed by atoms with Gasteiger partial charge >= 0.3 is 0 Å². The lowest BCUT2D eigenvalue weighted by atomic mass is 9.91. The summed E-state index contributed by atoms with van der Waals surface area (Å²) in [6.45, 7) is 0.271. The number of aliphatic hydroxyl groups is 1. The number of hydrogen-bond donors (Lipinski definition) is 2. The number of carbonyl (C=O) groups is 1. The van der Waals surface area contributed by atoms with E-state index in [2.05, 4.69) is 34.5 Å². The summed E-state index contributed by atoms with van der Waals surface area (Å²) in [5, 5.41) is 13.0. The van der Waals surface area contributed by atoms with E-state index >= 15 is 0 Å². The van der Waals surface area contributed by atoms with Crippen molar-refractivity contribution in [3.8, 4) is 0 Å². The summed E-state index contributed by atoms with van der Waals surface area (Å²) in [6.07, 6.45) is 6.14. The summed E-state index contributed by atoms with van der Waals surface area (Å²) in [6, 6.07) is 11.4. The average molecular weight is 314 g/mol. The fourth-order valence-electron chi connectivity index (χ4n) is 4.86. The lowest BCUT2D eigenvalue weighted by Crippen LogP contribution is -2.52. The molecule has 3 fully saturated rings. The molecule has 1 unspecified atom stereocenters. The highest BCUT2D eigenvalue weighted by Gasteiger charge is 2.45. The molecule has 3 saturated heterocycles. The van der Waals surface area contributed by atoms with Gasteiger partial charge < -0.3 is 10.0 Å². The first-order valence-corrected chi connectivity index (χ1v) is 9.00. The lowest BCUT2D eigenvalue weighted by Gasteiger charge is -2.39. The molecule has 4 rings (SSSR count). The van der Waals surface area contributed by atoms with Gasteiger partial charge in [-0.1, -0.05) is 30.3 Å². The van der Waals surface area contributed by atoms with E-state index in [-0.39, 0.29) is 12.6 Å². The highest BCUT2D eigenvalue weighted by Crippen LogP contribution is 2.40. The fourth-order valence-corrected chi connectivity index (χ4v) is 4.86. The number of nitrogens with one attached hydrogen (secondary N) is 1. The molecule has 2 N–H and O–H groups in total. The number of nitrogens with zero attached hydrogens (tertiary/aromatic N) is 1. The molecular weight excluding hydrogens is 288 g/mol. The molecule has 0 spiro atoms. The molecule has 3 heterocycles. The summed E-state index contributed by atoms with van der Waals surface area (Å²) < 4.78 is 0. The van der Waals surface area contributed by atoms with Crippen LogP contribution in [-0.2, 0) is 4.79 Å². The molecule has 5 atom stereocenters. The van der Waals surface area contributed by atoms with E-state index in [0.717, 1.165) is 38.5 Å². The molecule has 0 aliphatic carbocycles. The van der Waals surface area contributed by atoms with E-state index in [1.165, 1.54) is 5.56 Å². The first-order valence-electron chi connectivity index (χ1n) is 9.00. The predicted octanol–water partition coefficient (Wildman–Crippen LogP) is 2.24. The molecule has 3 aliphatic heterocycles. The van der Waals surface area contributed by atoms with Crippen molar-refractivity contribution in [3.05, 3.63) is 35.9 Å². The number of hydrogen-bond acceptors (Lipinski definition) is 3. The van der Waals surface area contributed by atoms with Crippen molar-refractivity contribution in [2.75, 3.05) is 6.61 Å². The quantitative estimate of drug-likeness (QED) is 0.900. The number of aliphatic hydroxyl groups excluding tert-OH is 1. The van der Waals surface area contributed by atoms with Crippen LogP contribution in [0, 0.1) is 5.92 Å². The number of piperidine rings is 1. The molecule has 1 aromatic rings. The topological polar surface area (TPSA) is 52.6 Å². The van der Waals surface area contributed by atoms with E-state index in [1.54, 1.807) is 0 Å². The zero-order valence-corrected chi connectivity index (χ0v) is 13.5. The van der Waals surface area contributed by atoms with Crippen molar-refractivity contribution in [2.45, 2.75) is 62.7 Å². The fraction of sp³-hybridized carbons (Fsp3) is 0.632. The summed E-state index contributed by atoms with van der Waals surface area (Å²) in [5.74, 6) is 0.692. The van der Waals surface area contributed by atoms with Gasteiger partial charge in [0.25, 0.3) is 0 Å². The van der Waals surface area contributed by atoms with Crippen LogP contribution in [0.3, 0.4) is 0 Å². The summed E-state index contributed by atoms with van der Waals surface area (Å²) in [5.41, 5.74) is 1.28. The number of fused-ring (bicyclic) bond motifs is 2. The van der Waals surface area contributed by atoms with Gasteiger partial charge in [0.1, 0.15) is 0 Å². The maximum atomic E-state index is 13.0. The molecule has 1 amide bonds. The first-order chi connectivity index (χ1) is 11.3. The Morgan fingerprint density at radius 1 is 1.09 bits per heavy atom. The molecule has 4 heteroatoms. The van der Waals surface area contributed by atoms with Gasteiger partial charge in [-0.25, -0.2) is 0 Å². The average Bonchev–Trinajstić information content (AvgIpc) is 3.18. The summed E-state index contributed by atoms with van der Waals surface area (Å²) in [4.78, 5) is 15.2. The van der Waals surface area contributed by atoms with Crippen LogP contribution in [0.1, 0.15) is 50.1 Å². The maximum absolute atomic E-state index is 13.0. The Bertz CT molecular complexity index is 548. The third-order valence-corrected chi connectivity index (χ3v) is 5.99. The minimum Gasteiger partial charge on any atom is -0.396 e. The van der Waals surface area contributed by atoms with Gasteiger partial charge in [0.05, 0.1) is 6.04 Å². The van der Waals surface area contributed by atoms with Crippen LogP contribution < -0.4 is 5.32 Å². The van der Waals surface area contributed by atoms with Crippen molar-refractivity contribution in [1.29, 1.82) is 0 Å². The van der Waals surface area contributed by atoms with Crippen molar-refractivity contribution >= 4 is 5.91 Å². The molecule has 124 valence electrons. The van der Waals surface area contributed by atoms with Crippen molar-refractivity contribution in [2.24, 2.45) is 5.92 Å². The number of carbonyl (C=O) groups excluding carboxylic acids is 1. The Hall–Kier alpha value is -1.39. The molecule has 4 nitrogen and oxygen atoms in total. The minimum absolute atomic E-state index is 0.0333. The van der Waals surface area contributed by atoms with Gasteiger partial charge in [-0.3, -0.25) is 10.1 Å². The van der Waals surface area contributed by atoms with E-state index in [9.17, 15) is 9.90 Å². The molecule has 1 aromatic carbocycles. The second-order valence-corrected chi connectivity index (χ2v) is 7.41. The monoisotopic (exact) mass is 314 g/mol. The highest BCUT2D eigenvalue weighted by atomic mass is 16.3. The summed E-state index contributed by atoms with van der Waals surface area (Å²) in [7, 11) is 0. The van der Waals surface area contributed by atoms with Gasteiger partial charge in [-0.05, 0) is 50.0 Å². The van der Waals surface area contributed by atoms with Gasteiger partial charge in [-0.2, -0.15) is 0 Å². The number of amides is 1. The standard InChI is InChI=1S/C19H26N2O2/c22-12-13-10-15-6-7-16(11-13)21(15)19(23)18-9-8-17(20-18)14-4-2-1-3-5-14/h1-5,13,15-18,20,22H,6-12H2/t13?,15-,16+,17-,18-/m1/s1. The number of benzene rings is 1. The van der Waals surface area contributed by atoms with Crippen LogP contribution in [0.25, 0.3) is 0 Å². The Balaban J connectivity index is 1.43. The molecule has 2 bridgehead atoms. The maximum Gasteiger partial charge on any atom is 0.240 e. The van der Waals surface area contributed by atoms with Gasteiger partial charge in [-0.15, -0.1) is 0 Å². The molecule has 0 aromatic heterocycles. The Morgan fingerprint density at radius 2 is 1.78 bits per heavy atom. The molecule has 0 radical (unpaired) electrons. The van der Waals surface area contributed by atoms with Crippen molar-refractivity contribution in [3.63, 3.8) is 0 Å². The minimum atomic E-state index is -0.0333. The third kappa shape index (κ3) is 2.79.